The van der Waals surface area contributed by atoms with Crippen molar-refractivity contribution in [1.29, 1.82) is 0 Å². The fourth-order valence-electron chi connectivity index (χ4n) is 8.55. The average molecular weight is 901 g/mol. The number of hydrogen-bond donors (Lipinski definition) is 3. The first-order valence-corrected chi connectivity index (χ1v) is 28.3. The van der Waals surface area contributed by atoms with Gasteiger partial charge in [-0.05, 0) is 64.2 Å². The molecule has 2 atom stereocenters. The molecule has 0 saturated carbocycles. The van der Waals surface area contributed by atoms with E-state index in [4.69, 9.17) is 4.74 Å². The van der Waals surface area contributed by atoms with Gasteiger partial charge in [-0.1, -0.05) is 256 Å². The first-order chi connectivity index (χ1) is 31.5. The molecular formula is C58H109NO5. The van der Waals surface area contributed by atoms with Crippen LogP contribution < -0.4 is 5.32 Å². The molecule has 0 radical (unpaired) electrons. The van der Waals surface area contributed by atoms with Gasteiger partial charge in [-0.25, -0.2) is 0 Å². The number of carbonyl (C=O) groups is 2. The lowest BCUT2D eigenvalue weighted by Gasteiger charge is -2.20. The van der Waals surface area contributed by atoms with E-state index in [2.05, 4.69) is 43.5 Å². The van der Waals surface area contributed by atoms with Crippen molar-refractivity contribution in [1.82, 2.24) is 5.32 Å². The number of unbranched alkanes of at least 4 members (excludes halogenated alkanes) is 37. The zero-order chi connectivity index (χ0) is 46.5. The Morgan fingerprint density at radius 2 is 0.781 bits per heavy atom. The Morgan fingerprint density at radius 3 is 1.19 bits per heavy atom. The molecule has 6 nitrogen and oxygen atoms in total. The summed E-state index contributed by atoms with van der Waals surface area (Å²) in [4.78, 5) is 24.4. The van der Waals surface area contributed by atoms with Crippen molar-refractivity contribution in [2.45, 2.75) is 309 Å². The molecule has 0 heterocycles. The van der Waals surface area contributed by atoms with E-state index in [0.29, 0.717) is 19.4 Å². The third-order valence-corrected chi connectivity index (χ3v) is 12.9. The predicted molar refractivity (Wildman–Crippen MR) is 278 cm³/mol. The Labute approximate surface area is 398 Å². The number of carbonyl (C=O) groups excluding carboxylic acids is 2. The van der Waals surface area contributed by atoms with Gasteiger partial charge in [0.15, 0.2) is 0 Å². The molecule has 0 aromatic carbocycles. The summed E-state index contributed by atoms with van der Waals surface area (Å²) < 4.78 is 5.46. The number of rotatable bonds is 52. The molecule has 1 amide bonds. The van der Waals surface area contributed by atoms with E-state index in [1.807, 2.05) is 6.08 Å². The van der Waals surface area contributed by atoms with Gasteiger partial charge < -0.3 is 20.3 Å². The summed E-state index contributed by atoms with van der Waals surface area (Å²) >= 11 is 0. The number of esters is 1. The van der Waals surface area contributed by atoms with Crippen molar-refractivity contribution in [3.05, 3.63) is 36.5 Å². The molecule has 0 aromatic rings. The zero-order valence-electron chi connectivity index (χ0n) is 42.8. The molecule has 64 heavy (non-hydrogen) atoms. The van der Waals surface area contributed by atoms with Gasteiger partial charge >= 0.3 is 5.97 Å². The van der Waals surface area contributed by atoms with Gasteiger partial charge in [0.2, 0.25) is 5.91 Å². The monoisotopic (exact) mass is 900 g/mol. The second-order valence-corrected chi connectivity index (χ2v) is 19.3. The molecule has 0 saturated heterocycles. The van der Waals surface area contributed by atoms with Gasteiger partial charge in [-0.2, -0.15) is 0 Å². The van der Waals surface area contributed by atoms with E-state index in [-0.39, 0.29) is 18.5 Å². The highest BCUT2D eigenvalue weighted by molar-refractivity contribution is 5.76. The Kier molecular flexibility index (Phi) is 52.1. The summed E-state index contributed by atoms with van der Waals surface area (Å²) in [5.74, 6) is -0.0646. The molecule has 0 fully saturated rings. The summed E-state index contributed by atoms with van der Waals surface area (Å²) in [5.41, 5.74) is 0. The maximum Gasteiger partial charge on any atom is 0.305 e. The molecule has 0 aromatic heterocycles. The third-order valence-electron chi connectivity index (χ3n) is 12.9. The normalized spacial score (nSPS) is 12.9. The number of allylic oxidation sites excluding steroid dienone is 5. The van der Waals surface area contributed by atoms with Crippen LogP contribution in [0.1, 0.15) is 296 Å². The molecule has 0 spiro atoms. The minimum absolute atomic E-state index is 0.00940. The van der Waals surface area contributed by atoms with Crippen LogP contribution >= 0.6 is 0 Å². The standard InChI is InChI=1S/C58H109NO5/c1-3-5-7-9-11-13-31-36-40-44-48-52-58(63)64-53-49-45-41-37-33-30-28-26-24-22-20-18-16-14-15-17-19-21-23-25-27-29-32-35-39-43-47-51-57(62)59-55(54-60)56(61)50-46-42-38-34-12-10-8-6-4-2/h14-15,18,20,46,50,55-56,60-61H,3-13,16-17,19,21-45,47-49,51-54H2,1-2H3,(H,59,62)/b15-14-,20-18-,50-46+. The molecule has 0 aliphatic heterocycles. The van der Waals surface area contributed by atoms with Crippen LogP contribution in [0, 0.1) is 0 Å². The van der Waals surface area contributed by atoms with Crippen molar-refractivity contribution in [3.8, 4) is 0 Å². The van der Waals surface area contributed by atoms with Gasteiger partial charge in [0, 0.05) is 12.8 Å². The van der Waals surface area contributed by atoms with E-state index in [9.17, 15) is 19.8 Å². The lowest BCUT2D eigenvalue weighted by Crippen LogP contribution is -2.45. The minimum atomic E-state index is -0.844. The van der Waals surface area contributed by atoms with Crippen LogP contribution in [0.25, 0.3) is 0 Å². The van der Waals surface area contributed by atoms with E-state index < -0.39 is 12.1 Å². The highest BCUT2D eigenvalue weighted by Gasteiger charge is 2.18. The SMILES string of the molecule is CCCCCCCCC/C=C/C(O)C(CO)NC(=O)CCCCCCCCCCCCC/C=C\C/C=C\CCCCCCCCCCCOC(=O)CCCCCCCCCCCCC. The van der Waals surface area contributed by atoms with Crippen molar-refractivity contribution < 1.29 is 24.5 Å². The van der Waals surface area contributed by atoms with E-state index in [0.717, 1.165) is 44.9 Å². The quantitative estimate of drug-likeness (QED) is 0.0321. The second-order valence-electron chi connectivity index (χ2n) is 19.3. The van der Waals surface area contributed by atoms with Crippen LogP contribution in [-0.2, 0) is 14.3 Å². The van der Waals surface area contributed by atoms with E-state index >= 15 is 0 Å². The smallest absolute Gasteiger partial charge is 0.305 e. The van der Waals surface area contributed by atoms with Gasteiger partial charge in [-0.3, -0.25) is 9.59 Å². The van der Waals surface area contributed by atoms with Gasteiger partial charge in [0.05, 0.1) is 25.4 Å². The number of aliphatic hydroxyl groups is 2. The Hall–Kier alpha value is -1.92. The van der Waals surface area contributed by atoms with Gasteiger partial charge in [0.1, 0.15) is 0 Å². The van der Waals surface area contributed by atoms with Crippen molar-refractivity contribution >= 4 is 11.9 Å². The maximum absolute atomic E-state index is 12.4. The summed E-state index contributed by atoms with van der Waals surface area (Å²) in [7, 11) is 0. The summed E-state index contributed by atoms with van der Waals surface area (Å²) in [5, 5.41) is 22.9. The Bertz CT molecular complexity index is 1040. The third kappa shape index (κ3) is 49.5. The minimum Gasteiger partial charge on any atom is -0.466 e. The van der Waals surface area contributed by atoms with Crippen LogP contribution in [0.3, 0.4) is 0 Å². The topological polar surface area (TPSA) is 95.9 Å². The van der Waals surface area contributed by atoms with Crippen molar-refractivity contribution in [2.75, 3.05) is 13.2 Å². The van der Waals surface area contributed by atoms with Gasteiger partial charge in [0.25, 0.3) is 0 Å². The molecule has 0 aliphatic carbocycles. The van der Waals surface area contributed by atoms with E-state index in [1.165, 1.54) is 225 Å². The molecule has 0 aliphatic rings. The lowest BCUT2D eigenvalue weighted by atomic mass is 10.0. The molecule has 6 heteroatoms. The zero-order valence-corrected chi connectivity index (χ0v) is 42.8. The average Bonchev–Trinajstić information content (AvgIpc) is 3.29. The molecular weight excluding hydrogens is 791 g/mol. The van der Waals surface area contributed by atoms with E-state index in [1.54, 1.807) is 6.08 Å². The Morgan fingerprint density at radius 1 is 0.438 bits per heavy atom. The number of ether oxygens (including phenoxy) is 1. The van der Waals surface area contributed by atoms with Gasteiger partial charge in [-0.15, -0.1) is 0 Å². The Balaban J connectivity index is 3.41. The molecule has 376 valence electrons. The maximum atomic E-state index is 12.4. The van der Waals surface area contributed by atoms with Crippen LogP contribution in [0.15, 0.2) is 36.5 Å². The summed E-state index contributed by atoms with van der Waals surface area (Å²) in [6, 6.07) is -0.628. The highest BCUT2D eigenvalue weighted by atomic mass is 16.5. The van der Waals surface area contributed by atoms with Crippen LogP contribution in [-0.4, -0.2) is 47.4 Å². The fourth-order valence-corrected chi connectivity index (χ4v) is 8.55. The highest BCUT2D eigenvalue weighted by Crippen LogP contribution is 2.16. The molecule has 2 unspecified atom stereocenters. The van der Waals surface area contributed by atoms with Crippen LogP contribution in [0.4, 0.5) is 0 Å². The number of nitrogens with one attached hydrogen (secondary N) is 1. The summed E-state index contributed by atoms with van der Waals surface area (Å²) in [6.07, 6.45) is 66.1. The van der Waals surface area contributed by atoms with Crippen molar-refractivity contribution in [2.24, 2.45) is 0 Å². The second kappa shape index (κ2) is 53.7. The number of hydrogen-bond acceptors (Lipinski definition) is 5. The largest absolute Gasteiger partial charge is 0.466 e. The van der Waals surface area contributed by atoms with Crippen LogP contribution in [0.5, 0.6) is 0 Å². The van der Waals surface area contributed by atoms with Crippen molar-refractivity contribution in [3.63, 3.8) is 0 Å². The van der Waals surface area contributed by atoms with Crippen LogP contribution in [0.2, 0.25) is 0 Å². The molecule has 0 rings (SSSR count). The predicted octanol–water partition coefficient (Wildman–Crippen LogP) is 17.2. The molecule has 3 N–H and O–H groups in total. The first kappa shape index (κ1) is 62.1. The number of amides is 1. The molecule has 0 bridgehead atoms. The lowest BCUT2D eigenvalue weighted by molar-refractivity contribution is -0.143. The summed E-state index contributed by atoms with van der Waals surface area (Å²) in [6.45, 7) is 4.87. The fraction of sp³-hybridized carbons (Fsp3) is 0.862. The first-order valence-electron chi connectivity index (χ1n) is 28.3. The number of aliphatic hydroxyl groups excluding tert-OH is 2.